The van der Waals surface area contributed by atoms with Crippen LogP contribution in [0.15, 0.2) is 54.6 Å². The molecular formula is C18H14N4O2. The minimum Gasteiger partial charge on any atom is -0.497 e. The fourth-order valence-corrected chi connectivity index (χ4v) is 2.23. The second-order valence-electron chi connectivity index (χ2n) is 5.01. The van der Waals surface area contributed by atoms with Gasteiger partial charge >= 0.3 is 0 Å². The average Bonchev–Trinajstić information content (AvgIpc) is 3.12. The highest BCUT2D eigenvalue weighted by Crippen LogP contribution is 2.22. The van der Waals surface area contributed by atoms with Gasteiger partial charge in [0.2, 0.25) is 0 Å². The molecule has 0 aliphatic rings. The number of para-hydroxylation sites is 1. The van der Waals surface area contributed by atoms with Crippen molar-refractivity contribution in [3.63, 3.8) is 0 Å². The van der Waals surface area contributed by atoms with Crippen molar-refractivity contribution in [3.05, 3.63) is 65.9 Å². The summed E-state index contributed by atoms with van der Waals surface area (Å²) >= 11 is 0. The first kappa shape index (κ1) is 15.3. The summed E-state index contributed by atoms with van der Waals surface area (Å²) in [4.78, 5) is 12.3. The highest BCUT2D eigenvalue weighted by molar-refractivity contribution is 6.04. The third-order valence-electron chi connectivity index (χ3n) is 3.50. The van der Waals surface area contributed by atoms with Gasteiger partial charge in [0.15, 0.2) is 0 Å². The first-order valence-corrected chi connectivity index (χ1v) is 7.21. The Bertz CT molecular complexity index is 907. The second kappa shape index (κ2) is 6.67. The van der Waals surface area contributed by atoms with Gasteiger partial charge in [0, 0.05) is 5.56 Å². The average molecular weight is 318 g/mol. The molecule has 1 amide bonds. The topological polar surface area (TPSA) is 90.8 Å². The molecule has 6 heteroatoms. The molecule has 2 aromatic carbocycles. The molecule has 6 nitrogen and oxygen atoms in total. The summed E-state index contributed by atoms with van der Waals surface area (Å²) in [5, 5.41) is 18.6. The molecule has 0 spiro atoms. The normalized spacial score (nSPS) is 10.0. The second-order valence-corrected chi connectivity index (χ2v) is 5.01. The van der Waals surface area contributed by atoms with Gasteiger partial charge < -0.3 is 10.1 Å². The van der Waals surface area contributed by atoms with Crippen LogP contribution in [0.25, 0.3) is 11.3 Å². The molecule has 0 aliphatic carbocycles. The van der Waals surface area contributed by atoms with E-state index in [9.17, 15) is 4.79 Å². The number of nitrogens with one attached hydrogen (secondary N) is 2. The molecule has 0 saturated heterocycles. The van der Waals surface area contributed by atoms with Crippen LogP contribution in [0.2, 0.25) is 0 Å². The predicted octanol–water partition coefficient (Wildman–Crippen LogP) is 3.21. The number of anilines is 1. The van der Waals surface area contributed by atoms with Gasteiger partial charge in [-0.25, -0.2) is 0 Å². The number of carbonyl (C=O) groups excluding carboxylic acids is 1. The van der Waals surface area contributed by atoms with Crippen molar-refractivity contribution in [1.29, 1.82) is 5.26 Å². The van der Waals surface area contributed by atoms with E-state index >= 15 is 0 Å². The summed E-state index contributed by atoms with van der Waals surface area (Å²) < 4.78 is 5.12. The number of amides is 1. The van der Waals surface area contributed by atoms with Crippen LogP contribution in [0.3, 0.4) is 0 Å². The van der Waals surface area contributed by atoms with Crippen molar-refractivity contribution in [3.8, 4) is 23.1 Å². The fraction of sp³-hybridized carbons (Fsp3) is 0.0556. The van der Waals surface area contributed by atoms with Gasteiger partial charge in [-0.15, -0.1) is 0 Å². The minimum atomic E-state index is -0.357. The predicted molar refractivity (Wildman–Crippen MR) is 89.7 cm³/mol. The first-order chi connectivity index (χ1) is 11.7. The van der Waals surface area contributed by atoms with Crippen molar-refractivity contribution >= 4 is 11.6 Å². The molecule has 3 aromatic rings. The Labute approximate surface area is 138 Å². The number of ether oxygens (including phenoxy) is 1. The van der Waals surface area contributed by atoms with Gasteiger partial charge in [-0.2, -0.15) is 10.4 Å². The molecule has 0 radical (unpaired) electrons. The summed E-state index contributed by atoms with van der Waals surface area (Å²) in [6, 6.07) is 17.9. The zero-order valence-corrected chi connectivity index (χ0v) is 12.9. The summed E-state index contributed by atoms with van der Waals surface area (Å²) in [7, 11) is 1.60. The van der Waals surface area contributed by atoms with E-state index in [1.807, 2.05) is 30.3 Å². The molecule has 0 unspecified atom stereocenters. The molecule has 3 rings (SSSR count). The smallest absolute Gasteiger partial charge is 0.273 e. The highest BCUT2D eigenvalue weighted by Gasteiger charge is 2.13. The van der Waals surface area contributed by atoms with E-state index in [4.69, 9.17) is 10.00 Å². The van der Waals surface area contributed by atoms with Gasteiger partial charge in [0.25, 0.3) is 5.91 Å². The zero-order valence-electron chi connectivity index (χ0n) is 12.9. The molecule has 0 aliphatic heterocycles. The van der Waals surface area contributed by atoms with Crippen molar-refractivity contribution in [2.24, 2.45) is 0 Å². The standard InChI is InChI=1S/C18H14N4O2/c1-24-14-8-6-12(7-9-14)16-10-17(22-21-16)18(23)20-15-5-3-2-4-13(15)11-19/h2-10H,1H3,(H,20,23)(H,21,22). The molecular weight excluding hydrogens is 304 g/mol. The van der Waals surface area contributed by atoms with E-state index in [-0.39, 0.29) is 5.91 Å². The third kappa shape index (κ3) is 3.10. The van der Waals surface area contributed by atoms with Gasteiger partial charge in [-0.05, 0) is 42.5 Å². The number of rotatable bonds is 4. The van der Waals surface area contributed by atoms with Crippen LogP contribution in [0.5, 0.6) is 5.75 Å². The largest absolute Gasteiger partial charge is 0.497 e. The Kier molecular flexibility index (Phi) is 4.25. The number of carbonyl (C=O) groups is 1. The quantitative estimate of drug-likeness (QED) is 0.773. The monoisotopic (exact) mass is 318 g/mol. The van der Waals surface area contributed by atoms with Crippen molar-refractivity contribution in [2.45, 2.75) is 0 Å². The number of hydrogen-bond acceptors (Lipinski definition) is 4. The summed E-state index contributed by atoms with van der Waals surface area (Å²) in [5.41, 5.74) is 2.69. The number of benzene rings is 2. The van der Waals surface area contributed by atoms with Crippen molar-refractivity contribution in [2.75, 3.05) is 12.4 Å². The number of aromatic nitrogens is 2. The first-order valence-electron chi connectivity index (χ1n) is 7.21. The summed E-state index contributed by atoms with van der Waals surface area (Å²) in [5.74, 6) is 0.394. The molecule has 0 saturated carbocycles. The number of aromatic amines is 1. The minimum absolute atomic E-state index is 0.313. The molecule has 1 heterocycles. The Morgan fingerprint density at radius 3 is 2.67 bits per heavy atom. The molecule has 0 bridgehead atoms. The molecule has 1 aromatic heterocycles. The van der Waals surface area contributed by atoms with Gasteiger partial charge in [0.05, 0.1) is 24.1 Å². The Balaban J connectivity index is 1.79. The zero-order chi connectivity index (χ0) is 16.9. The van der Waals surface area contributed by atoms with E-state index in [2.05, 4.69) is 15.5 Å². The maximum Gasteiger partial charge on any atom is 0.273 e. The Morgan fingerprint density at radius 2 is 1.96 bits per heavy atom. The van der Waals surface area contributed by atoms with Crippen LogP contribution < -0.4 is 10.1 Å². The van der Waals surface area contributed by atoms with E-state index in [1.54, 1.807) is 37.4 Å². The maximum atomic E-state index is 12.3. The van der Waals surface area contributed by atoms with Gasteiger partial charge in [0.1, 0.15) is 17.5 Å². The number of methoxy groups -OCH3 is 1. The summed E-state index contributed by atoms with van der Waals surface area (Å²) in [6.45, 7) is 0. The number of H-pyrrole nitrogens is 1. The molecule has 2 N–H and O–H groups in total. The Hall–Kier alpha value is -3.59. The third-order valence-corrected chi connectivity index (χ3v) is 3.50. The van der Waals surface area contributed by atoms with Gasteiger partial charge in [-0.3, -0.25) is 9.89 Å². The van der Waals surface area contributed by atoms with Crippen LogP contribution in [-0.4, -0.2) is 23.2 Å². The molecule has 0 atom stereocenters. The van der Waals surface area contributed by atoms with Crippen LogP contribution >= 0.6 is 0 Å². The van der Waals surface area contributed by atoms with E-state index < -0.39 is 0 Å². The highest BCUT2D eigenvalue weighted by atomic mass is 16.5. The van der Waals surface area contributed by atoms with Crippen molar-refractivity contribution < 1.29 is 9.53 Å². The molecule has 0 fully saturated rings. The van der Waals surface area contributed by atoms with Crippen LogP contribution in [0, 0.1) is 11.3 Å². The molecule has 24 heavy (non-hydrogen) atoms. The fourth-order valence-electron chi connectivity index (χ4n) is 2.23. The van der Waals surface area contributed by atoms with Crippen LogP contribution in [-0.2, 0) is 0 Å². The van der Waals surface area contributed by atoms with Crippen molar-refractivity contribution in [1.82, 2.24) is 10.2 Å². The lowest BCUT2D eigenvalue weighted by Gasteiger charge is -2.04. The lowest BCUT2D eigenvalue weighted by atomic mass is 10.1. The van der Waals surface area contributed by atoms with E-state index in [0.29, 0.717) is 22.6 Å². The lowest BCUT2D eigenvalue weighted by Crippen LogP contribution is -2.13. The van der Waals surface area contributed by atoms with E-state index in [1.165, 1.54) is 0 Å². The van der Waals surface area contributed by atoms with Gasteiger partial charge in [-0.1, -0.05) is 12.1 Å². The Morgan fingerprint density at radius 1 is 1.21 bits per heavy atom. The number of nitrogens with zero attached hydrogens (tertiary/aromatic N) is 2. The lowest BCUT2D eigenvalue weighted by molar-refractivity contribution is 0.102. The van der Waals surface area contributed by atoms with Crippen LogP contribution in [0.1, 0.15) is 16.1 Å². The maximum absolute atomic E-state index is 12.3. The molecule has 118 valence electrons. The number of nitriles is 1. The summed E-state index contributed by atoms with van der Waals surface area (Å²) in [6.07, 6.45) is 0. The van der Waals surface area contributed by atoms with Crippen LogP contribution in [0.4, 0.5) is 5.69 Å². The number of hydrogen-bond donors (Lipinski definition) is 2. The van der Waals surface area contributed by atoms with E-state index in [0.717, 1.165) is 11.3 Å². The SMILES string of the molecule is COc1ccc(-c2cc(C(=O)Nc3ccccc3C#N)[nH]n2)cc1.